The molecule has 0 unspecified atom stereocenters. The highest BCUT2D eigenvalue weighted by atomic mass is 32.2. The zero-order chi connectivity index (χ0) is 13.2. The molecule has 18 heavy (non-hydrogen) atoms. The third kappa shape index (κ3) is 3.22. The average molecular weight is 286 g/mol. The van der Waals surface area contributed by atoms with E-state index < -0.39 is 9.84 Å². The second-order valence-electron chi connectivity index (χ2n) is 4.79. The van der Waals surface area contributed by atoms with Gasteiger partial charge in [0.05, 0.1) is 6.61 Å². The van der Waals surface area contributed by atoms with Crippen LogP contribution in [0.2, 0.25) is 0 Å². The van der Waals surface area contributed by atoms with E-state index in [-0.39, 0.29) is 6.61 Å². The summed E-state index contributed by atoms with van der Waals surface area (Å²) in [4.78, 5) is 0.866. The molecule has 0 aromatic carbocycles. The standard InChI is InChI=1S/C13H18O3S2/c1-18(15,16)13-7-6-12(17-13)11(9-14)8-10-4-2-3-5-10/h6-8,10,14H,2-5,9H2,1H3/b11-8-. The molecular weight excluding hydrogens is 268 g/mol. The van der Waals surface area contributed by atoms with Crippen LogP contribution in [-0.4, -0.2) is 26.4 Å². The number of allylic oxidation sites excluding steroid dienone is 1. The number of sulfone groups is 1. The van der Waals surface area contributed by atoms with Gasteiger partial charge in [0.25, 0.3) is 0 Å². The number of rotatable bonds is 4. The van der Waals surface area contributed by atoms with Crippen LogP contribution in [0.25, 0.3) is 5.57 Å². The minimum atomic E-state index is -3.14. The summed E-state index contributed by atoms with van der Waals surface area (Å²) in [5.74, 6) is 0.538. The summed E-state index contributed by atoms with van der Waals surface area (Å²) < 4.78 is 23.2. The summed E-state index contributed by atoms with van der Waals surface area (Å²) in [6.07, 6.45) is 8.17. The van der Waals surface area contributed by atoms with Crippen LogP contribution in [0, 0.1) is 5.92 Å². The Bertz CT molecular complexity index is 534. The molecule has 1 aliphatic rings. The fourth-order valence-corrected chi connectivity index (χ4v) is 4.26. The van der Waals surface area contributed by atoms with Crippen LogP contribution >= 0.6 is 11.3 Å². The van der Waals surface area contributed by atoms with Crippen LogP contribution in [0.5, 0.6) is 0 Å². The van der Waals surface area contributed by atoms with Gasteiger partial charge >= 0.3 is 0 Å². The van der Waals surface area contributed by atoms with Crippen molar-refractivity contribution in [1.82, 2.24) is 0 Å². The van der Waals surface area contributed by atoms with Gasteiger partial charge in [0, 0.05) is 11.1 Å². The maximum absolute atomic E-state index is 11.4. The fraction of sp³-hybridized carbons (Fsp3) is 0.538. The summed E-state index contributed by atoms with van der Waals surface area (Å²) in [6.45, 7) is -0.0276. The summed E-state index contributed by atoms with van der Waals surface area (Å²) in [6, 6.07) is 3.41. The molecule has 1 aromatic heterocycles. The highest BCUT2D eigenvalue weighted by Crippen LogP contribution is 2.32. The number of aliphatic hydroxyl groups excluding tert-OH is 1. The third-order valence-corrected chi connectivity index (χ3v) is 6.25. The van der Waals surface area contributed by atoms with E-state index >= 15 is 0 Å². The van der Waals surface area contributed by atoms with Crippen LogP contribution in [0.3, 0.4) is 0 Å². The first-order chi connectivity index (χ1) is 8.50. The maximum atomic E-state index is 11.4. The minimum absolute atomic E-state index is 0.0276. The van der Waals surface area contributed by atoms with Crippen molar-refractivity contribution in [3.63, 3.8) is 0 Å². The van der Waals surface area contributed by atoms with Crippen LogP contribution < -0.4 is 0 Å². The highest BCUT2D eigenvalue weighted by Gasteiger charge is 2.16. The predicted octanol–water partition coefficient (Wildman–Crippen LogP) is 2.72. The summed E-state index contributed by atoms with van der Waals surface area (Å²) in [5, 5.41) is 9.44. The van der Waals surface area contributed by atoms with Gasteiger partial charge < -0.3 is 5.11 Å². The zero-order valence-corrected chi connectivity index (χ0v) is 12.1. The normalized spacial score (nSPS) is 18.4. The smallest absolute Gasteiger partial charge is 0.184 e. The molecule has 1 heterocycles. The fourth-order valence-electron chi connectivity index (χ4n) is 2.31. The molecule has 0 aliphatic heterocycles. The minimum Gasteiger partial charge on any atom is -0.392 e. The molecule has 1 fully saturated rings. The molecule has 1 N–H and O–H groups in total. The Morgan fingerprint density at radius 1 is 1.44 bits per heavy atom. The van der Waals surface area contributed by atoms with Crippen molar-refractivity contribution < 1.29 is 13.5 Å². The Morgan fingerprint density at radius 3 is 2.61 bits per heavy atom. The number of hydrogen-bond acceptors (Lipinski definition) is 4. The van der Waals surface area contributed by atoms with E-state index in [2.05, 4.69) is 6.08 Å². The lowest BCUT2D eigenvalue weighted by Crippen LogP contribution is -1.94. The van der Waals surface area contributed by atoms with E-state index in [9.17, 15) is 13.5 Å². The van der Waals surface area contributed by atoms with Gasteiger partial charge in [-0.2, -0.15) is 0 Å². The highest BCUT2D eigenvalue weighted by molar-refractivity contribution is 7.92. The Morgan fingerprint density at radius 2 is 2.11 bits per heavy atom. The molecule has 1 aromatic rings. The van der Waals surface area contributed by atoms with E-state index in [0.717, 1.165) is 10.5 Å². The molecule has 0 saturated heterocycles. The zero-order valence-electron chi connectivity index (χ0n) is 10.4. The van der Waals surface area contributed by atoms with E-state index in [1.165, 1.54) is 43.3 Å². The van der Waals surface area contributed by atoms with Gasteiger partial charge in [-0.1, -0.05) is 18.9 Å². The molecule has 100 valence electrons. The quantitative estimate of drug-likeness (QED) is 0.926. The average Bonchev–Trinajstić information content (AvgIpc) is 2.95. The second kappa shape index (κ2) is 5.55. The summed E-state index contributed by atoms with van der Waals surface area (Å²) >= 11 is 1.24. The van der Waals surface area contributed by atoms with Gasteiger partial charge in [-0.25, -0.2) is 8.42 Å². The molecule has 0 atom stereocenters. The maximum Gasteiger partial charge on any atom is 0.184 e. The lowest BCUT2D eigenvalue weighted by atomic mass is 10.0. The third-order valence-electron chi connectivity index (χ3n) is 3.27. The molecule has 1 saturated carbocycles. The number of hydrogen-bond donors (Lipinski definition) is 1. The lowest BCUT2D eigenvalue weighted by Gasteiger charge is -2.06. The van der Waals surface area contributed by atoms with E-state index in [1.54, 1.807) is 12.1 Å². The van der Waals surface area contributed by atoms with Gasteiger partial charge in [-0.3, -0.25) is 0 Å². The molecule has 0 radical (unpaired) electrons. The molecule has 5 heteroatoms. The van der Waals surface area contributed by atoms with Crippen molar-refractivity contribution in [3.8, 4) is 0 Å². The van der Waals surface area contributed by atoms with Crippen LogP contribution in [0.1, 0.15) is 30.6 Å². The Kier molecular flexibility index (Phi) is 4.25. The van der Waals surface area contributed by atoms with Crippen LogP contribution in [0.4, 0.5) is 0 Å². The van der Waals surface area contributed by atoms with Crippen molar-refractivity contribution >= 4 is 26.7 Å². The van der Waals surface area contributed by atoms with Gasteiger partial charge in [0.2, 0.25) is 0 Å². The molecule has 0 bridgehead atoms. The molecular formula is C13H18O3S2. The first-order valence-corrected chi connectivity index (χ1v) is 8.83. The molecule has 0 amide bonds. The van der Waals surface area contributed by atoms with Gasteiger partial charge in [-0.05, 0) is 36.5 Å². The Labute approximate surface area is 112 Å². The Balaban J connectivity index is 2.25. The Hall–Kier alpha value is -0.650. The summed E-state index contributed by atoms with van der Waals surface area (Å²) in [7, 11) is -3.14. The predicted molar refractivity (Wildman–Crippen MR) is 74.4 cm³/mol. The number of thiophene rings is 1. The summed E-state index contributed by atoms with van der Waals surface area (Å²) in [5.41, 5.74) is 0.863. The van der Waals surface area contributed by atoms with Gasteiger partial charge in [0.1, 0.15) is 4.21 Å². The molecule has 1 aliphatic carbocycles. The van der Waals surface area contributed by atoms with Crippen LogP contribution in [-0.2, 0) is 9.84 Å². The first kappa shape index (κ1) is 13.8. The van der Waals surface area contributed by atoms with Gasteiger partial charge in [-0.15, -0.1) is 11.3 Å². The first-order valence-electron chi connectivity index (χ1n) is 6.12. The SMILES string of the molecule is CS(=O)(=O)c1ccc(/C(=C\C2CCCC2)CO)s1. The lowest BCUT2D eigenvalue weighted by molar-refractivity contribution is 0.349. The van der Waals surface area contributed by atoms with Crippen molar-refractivity contribution in [3.05, 3.63) is 23.1 Å². The second-order valence-corrected chi connectivity index (χ2v) is 8.11. The van der Waals surface area contributed by atoms with E-state index in [4.69, 9.17) is 0 Å². The van der Waals surface area contributed by atoms with Crippen molar-refractivity contribution in [2.75, 3.05) is 12.9 Å². The van der Waals surface area contributed by atoms with Gasteiger partial charge in [0.15, 0.2) is 9.84 Å². The van der Waals surface area contributed by atoms with Crippen molar-refractivity contribution in [2.24, 2.45) is 5.92 Å². The van der Waals surface area contributed by atoms with Crippen LogP contribution in [0.15, 0.2) is 22.4 Å². The van der Waals surface area contributed by atoms with E-state index in [1.807, 2.05) is 0 Å². The number of aliphatic hydroxyl groups is 1. The van der Waals surface area contributed by atoms with Crippen molar-refractivity contribution in [2.45, 2.75) is 29.9 Å². The molecule has 0 spiro atoms. The van der Waals surface area contributed by atoms with Crippen molar-refractivity contribution in [1.29, 1.82) is 0 Å². The molecule has 3 nitrogen and oxygen atoms in total. The monoisotopic (exact) mass is 286 g/mol. The molecule has 2 rings (SSSR count). The topological polar surface area (TPSA) is 54.4 Å². The largest absolute Gasteiger partial charge is 0.392 e. The van der Waals surface area contributed by atoms with E-state index in [0.29, 0.717) is 10.1 Å².